The van der Waals surface area contributed by atoms with Crippen LogP contribution in [0.25, 0.3) is 0 Å². The van der Waals surface area contributed by atoms with Crippen molar-refractivity contribution in [1.82, 2.24) is 10.6 Å². The predicted molar refractivity (Wildman–Crippen MR) is 114 cm³/mol. The Labute approximate surface area is 177 Å². The Hall–Kier alpha value is -1.24. The van der Waals surface area contributed by atoms with Crippen molar-refractivity contribution >= 4 is 75.3 Å². The number of benzene rings is 2. The average Bonchev–Trinajstić information content (AvgIpc) is 2.56. The number of halogens is 4. The molecule has 0 bridgehead atoms. The van der Waals surface area contributed by atoms with Crippen LogP contribution in [0.15, 0.2) is 48.5 Å². The second-order valence-corrected chi connectivity index (χ2v) is 8.58. The Balaban J connectivity index is 2.07. The number of hydrogen-bond donors (Lipinski definition) is 3. The van der Waals surface area contributed by atoms with Crippen LogP contribution in [0.1, 0.15) is 15.9 Å². The summed E-state index contributed by atoms with van der Waals surface area (Å²) in [4.78, 5) is 12.4. The molecule has 26 heavy (non-hydrogen) atoms. The maximum Gasteiger partial charge on any atom is 0.254 e. The van der Waals surface area contributed by atoms with Crippen molar-refractivity contribution in [2.24, 2.45) is 0 Å². The van der Waals surface area contributed by atoms with Crippen molar-refractivity contribution in [2.75, 3.05) is 5.32 Å². The number of rotatable bonds is 4. The van der Waals surface area contributed by atoms with E-state index < -0.39 is 15.9 Å². The van der Waals surface area contributed by atoms with Gasteiger partial charge in [-0.2, -0.15) is 0 Å². The number of hydrogen-bond acceptors (Lipinski definition) is 2. The first-order valence-corrected chi connectivity index (χ1v) is 9.35. The lowest BCUT2D eigenvalue weighted by molar-refractivity contribution is 0.0934. The first-order chi connectivity index (χ1) is 12.2. The van der Waals surface area contributed by atoms with E-state index in [0.717, 1.165) is 11.3 Å². The van der Waals surface area contributed by atoms with Crippen molar-refractivity contribution < 1.29 is 4.79 Å². The number of carbonyl (C=O) groups excluding carboxylic acids is 1. The van der Waals surface area contributed by atoms with Crippen LogP contribution in [0.3, 0.4) is 0 Å². The third-order valence-corrected chi connectivity index (χ3v) is 4.51. The summed E-state index contributed by atoms with van der Waals surface area (Å²) in [6.07, 6.45) is -1.08. The van der Waals surface area contributed by atoms with Crippen molar-refractivity contribution in [3.05, 3.63) is 64.7 Å². The first-order valence-electron chi connectivity index (χ1n) is 7.43. The van der Waals surface area contributed by atoms with Crippen LogP contribution in [-0.4, -0.2) is 21.0 Å². The Morgan fingerprint density at radius 1 is 1.04 bits per heavy atom. The van der Waals surface area contributed by atoms with Gasteiger partial charge in [0.2, 0.25) is 3.79 Å². The van der Waals surface area contributed by atoms with Gasteiger partial charge in [0.25, 0.3) is 5.91 Å². The molecule has 2 aromatic carbocycles. The minimum atomic E-state index is -1.85. The highest BCUT2D eigenvalue weighted by Gasteiger charge is 2.35. The van der Waals surface area contributed by atoms with Crippen LogP contribution in [0.5, 0.6) is 0 Å². The fraction of sp³-hybridized carbons (Fsp3) is 0.176. The van der Waals surface area contributed by atoms with Gasteiger partial charge in [0.15, 0.2) is 5.11 Å². The zero-order valence-corrected chi connectivity index (χ0v) is 17.4. The van der Waals surface area contributed by atoms with Crippen LogP contribution >= 0.6 is 58.6 Å². The molecule has 0 aliphatic carbocycles. The van der Waals surface area contributed by atoms with Crippen molar-refractivity contribution in [2.45, 2.75) is 16.9 Å². The lowest BCUT2D eigenvalue weighted by Crippen LogP contribution is -2.56. The molecule has 0 saturated carbocycles. The molecule has 0 aliphatic heterocycles. The molecule has 0 saturated heterocycles. The second kappa shape index (κ2) is 9.11. The lowest BCUT2D eigenvalue weighted by Gasteiger charge is -2.28. The molecular weight excluding hydrogens is 436 g/mol. The number of anilines is 1. The van der Waals surface area contributed by atoms with Crippen molar-refractivity contribution in [3.63, 3.8) is 0 Å². The molecule has 0 unspecified atom stereocenters. The van der Waals surface area contributed by atoms with Crippen molar-refractivity contribution in [3.8, 4) is 0 Å². The van der Waals surface area contributed by atoms with Gasteiger partial charge in [-0.05, 0) is 43.4 Å². The molecule has 0 radical (unpaired) electrons. The van der Waals surface area contributed by atoms with E-state index in [-0.39, 0.29) is 15.7 Å². The molecule has 0 aromatic heterocycles. The predicted octanol–water partition coefficient (Wildman–Crippen LogP) is 5.06. The van der Waals surface area contributed by atoms with Gasteiger partial charge in [-0.25, -0.2) is 0 Å². The Bertz CT molecular complexity index is 793. The fourth-order valence-electron chi connectivity index (χ4n) is 1.99. The minimum Gasteiger partial charge on any atom is -0.339 e. The summed E-state index contributed by atoms with van der Waals surface area (Å²) in [7, 11) is 0. The highest BCUT2D eigenvalue weighted by atomic mass is 35.6. The van der Waals surface area contributed by atoms with Crippen LogP contribution in [0.4, 0.5) is 5.69 Å². The first kappa shape index (κ1) is 21.1. The molecule has 1 atom stereocenters. The quantitative estimate of drug-likeness (QED) is 0.346. The molecule has 3 N–H and O–H groups in total. The Kier molecular flexibility index (Phi) is 7.38. The molecular formula is C17H15Cl4N3OS. The summed E-state index contributed by atoms with van der Waals surface area (Å²) in [5, 5.41) is 8.81. The van der Waals surface area contributed by atoms with Gasteiger partial charge in [-0.15, -0.1) is 0 Å². The fourth-order valence-corrected chi connectivity index (χ4v) is 2.77. The van der Waals surface area contributed by atoms with E-state index in [1.807, 2.05) is 31.2 Å². The summed E-state index contributed by atoms with van der Waals surface area (Å²) in [5.41, 5.74) is 2.13. The maximum absolute atomic E-state index is 12.4. The van der Waals surface area contributed by atoms with Gasteiger partial charge < -0.3 is 16.0 Å². The number of carbonyl (C=O) groups is 1. The SMILES string of the molecule is Cc1ccc(NC(=S)N[C@H](NC(=O)c2ccccc2Cl)C(Cl)(Cl)Cl)cc1. The van der Waals surface area contributed by atoms with E-state index in [9.17, 15) is 4.79 Å². The normalized spacial score (nSPS) is 12.2. The summed E-state index contributed by atoms with van der Waals surface area (Å²) in [5.74, 6) is -0.502. The third kappa shape index (κ3) is 6.18. The van der Waals surface area contributed by atoms with E-state index in [4.69, 9.17) is 58.6 Å². The van der Waals surface area contributed by atoms with E-state index >= 15 is 0 Å². The number of amides is 1. The monoisotopic (exact) mass is 449 g/mol. The Morgan fingerprint density at radius 2 is 1.65 bits per heavy atom. The van der Waals surface area contributed by atoms with Gasteiger partial charge >= 0.3 is 0 Å². The summed E-state index contributed by atoms with van der Waals surface area (Å²) in [6, 6.07) is 14.1. The number of alkyl halides is 3. The number of aryl methyl sites for hydroxylation is 1. The van der Waals surface area contributed by atoms with Gasteiger partial charge in [0, 0.05) is 5.69 Å². The minimum absolute atomic E-state index is 0.185. The summed E-state index contributed by atoms with van der Waals surface area (Å²) < 4.78 is -1.85. The molecule has 2 rings (SSSR count). The molecule has 4 nitrogen and oxygen atoms in total. The standard InChI is InChI=1S/C17H15Cl4N3OS/c1-10-6-8-11(9-7-10)22-16(26)24-15(17(19,20)21)23-14(25)12-4-2-3-5-13(12)18/h2-9,15H,1H3,(H,23,25)(H2,22,24,26)/t15-/m0/s1. The lowest BCUT2D eigenvalue weighted by atomic mass is 10.2. The zero-order valence-electron chi connectivity index (χ0n) is 13.5. The van der Waals surface area contributed by atoms with Gasteiger partial charge in [0.1, 0.15) is 6.17 Å². The van der Waals surface area contributed by atoms with E-state index in [1.165, 1.54) is 0 Å². The van der Waals surface area contributed by atoms with Crippen molar-refractivity contribution in [1.29, 1.82) is 0 Å². The van der Waals surface area contributed by atoms with Gasteiger partial charge in [-0.1, -0.05) is 76.2 Å². The highest BCUT2D eigenvalue weighted by Crippen LogP contribution is 2.29. The smallest absolute Gasteiger partial charge is 0.254 e. The third-order valence-electron chi connectivity index (χ3n) is 3.31. The maximum atomic E-state index is 12.4. The average molecular weight is 451 g/mol. The molecule has 2 aromatic rings. The molecule has 0 heterocycles. The molecule has 138 valence electrons. The highest BCUT2D eigenvalue weighted by molar-refractivity contribution is 7.80. The largest absolute Gasteiger partial charge is 0.339 e. The van der Waals surface area contributed by atoms with Crippen LogP contribution in [-0.2, 0) is 0 Å². The van der Waals surface area contributed by atoms with Gasteiger partial charge in [-0.3, -0.25) is 4.79 Å². The number of thiocarbonyl (C=S) groups is 1. The van der Waals surface area contributed by atoms with E-state index in [0.29, 0.717) is 0 Å². The molecule has 0 aliphatic rings. The Morgan fingerprint density at radius 3 is 2.23 bits per heavy atom. The van der Waals surface area contributed by atoms with E-state index in [2.05, 4.69) is 16.0 Å². The number of nitrogens with one attached hydrogen (secondary N) is 3. The molecule has 0 fully saturated rings. The van der Waals surface area contributed by atoms with E-state index in [1.54, 1.807) is 24.3 Å². The summed E-state index contributed by atoms with van der Waals surface area (Å²) in [6.45, 7) is 1.98. The van der Waals surface area contributed by atoms with Crippen LogP contribution in [0.2, 0.25) is 5.02 Å². The van der Waals surface area contributed by atoms with Crippen LogP contribution in [0, 0.1) is 6.92 Å². The van der Waals surface area contributed by atoms with Gasteiger partial charge in [0.05, 0.1) is 10.6 Å². The molecule has 9 heteroatoms. The zero-order chi connectivity index (χ0) is 19.3. The molecule has 1 amide bonds. The summed E-state index contributed by atoms with van der Waals surface area (Å²) >= 11 is 29.2. The van der Waals surface area contributed by atoms with Crippen LogP contribution < -0.4 is 16.0 Å². The topological polar surface area (TPSA) is 53.2 Å². The molecule has 0 spiro atoms. The second-order valence-electron chi connectivity index (χ2n) is 5.39.